The van der Waals surface area contributed by atoms with Crippen molar-refractivity contribution in [2.24, 2.45) is 0 Å². The fraction of sp³-hybridized carbons (Fsp3) is 0.342. The summed E-state index contributed by atoms with van der Waals surface area (Å²) < 4.78 is 1.65. The summed E-state index contributed by atoms with van der Waals surface area (Å²) in [7, 11) is 1.51. The molecule has 1 unspecified atom stereocenters. The normalized spacial score (nSPS) is 22.4. The Hall–Kier alpha value is -6.53. The van der Waals surface area contributed by atoms with Crippen LogP contribution in [0.5, 0.6) is 11.5 Å². The molecule has 8 rings (SSSR count). The maximum absolute atomic E-state index is 12.9. The molecule has 1 aliphatic carbocycles. The van der Waals surface area contributed by atoms with Gasteiger partial charge in [0.25, 0.3) is 5.91 Å². The van der Waals surface area contributed by atoms with Gasteiger partial charge in [0, 0.05) is 44.8 Å². The van der Waals surface area contributed by atoms with E-state index in [9.17, 15) is 34.8 Å². The quantitative estimate of drug-likeness (QED) is 0.101. The average Bonchev–Trinajstić information content (AvgIpc) is 3.96. The first-order valence-corrected chi connectivity index (χ1v) is 18.3. The Balaban J connectivity index is 1.11. The summed E-state index contributed by atoms with van der Waals surface area (Å²) >= 11 is 0. The number of likely N-dealkylation sites (N-methyl/N-ethyl adjacent to an activating group) is 1. The van der Waals surface area contributed by atoms with E-state index in [0.29, 0.717) is 54.7 Å². The van der Waals surface area contributed by atoms with E-state index >= 15 is 0 Å². The number of carbonyl (C=O) groups excluding carboxylic acids is 3. The number of fused-ring (bicyclic) bond motifs is 1. The molecule has 18 heteroatoms. The van der Waals surface area contributed by atoms with Crippen LogP contribution in [0.25, 0.3) is 11.2 Å². The largest absolute Gasteiger partial charge is 0.508 e. The van der Waals surface area contributed by atoms with Gasteiger partial charge in [-0.05, 0) is 60.4 Å². The molecule has 0 bridgehead atoms. The van der Waals surface area contributed by atoms with Gasteiger partial charge in [0.2, 0.25) is 5.95 Å². The maximum Gasteiger partial charge on any atom is 0.327 e. The number of phenolic OH excluding ortho intramolecular Hbond substituents is 2. The highest BCUT2D eigenvalue weighted by molar-refractivity contribution is 6.02. The fourth-order valence-corrected chi connectivity index (χ4v) is 7.78. The number of imide groups is 1. The van der Waals surface area contributed by atoms with Crippen LogP contribution in [0.15, 0.2) is 79.4 Å². The molecule has 5 aromatic rings. The number of nitrogens with one attached hydrogen (secondary N) is 3. The van der Waals surface area contributed by atoms with E-state index in [2.05, 4.69) is 25.9 Å². The number of phenols is 2. The standard InChI is InChI=1S/C38H41N11O7/c1-46-19-30(52)49(38(46)56)29-15-28(32(53)33(29)54)48-20-41-31-34(40-17-27(21-4-8-25(50)9-5-21)22-6-10-26(51)11-7-22)44-36(45-35(31)48)47-14-12-24(18-47)43-37(55)42-23-3-2-13-39-16-23/h2-11,13,16,20,24,27-29,32-33,50-51,53-54H,12,14-15,17-19H2,1H3,(H,40,44,45)(H2,42,43,55)/t24?,28-,29+,32+,33-/m1/s1. The van der Waals surface area contributed by atoms with Crippen molar-refractivity contribution in [3.63, 3.8) is 0 Å². The Bertz CT molecular complexity index is 2190. The minimum Gasteiger partial charge on any atom is -0.508 e. The Labute approximate surface area is 320 Å². The molecule has 5 heterocycles. The third-order valence-electron chi connectivity index (χ3n) is 10.7. The number of anilines is 3. The lowest BCUT2D eigenvalue weighted by molar-refractivity contribution is -0.128. The topological polar surface area (TPSA) is 234 Å². The number of nitrogens with zero attached hydrogens (tertiary/aromatic N) is 8. The number of pyridine rings is 1. The molecule has 3 aliphatic rings. The summed E-state index contributed by atoms with van der Waals surface area (Å²) in [6, 6.07) is 14.3. The monoisotopic (exact) mass is 763 g/mol. The zero-order valence-electron chi connectivity index (χ0n) is 30.3. The second kappa shape index (κ2) is 15.0. The van der Waals surface area contributed by atoms with Crippen molar-refractivity contribution >= 4 is 46.6 Å². The molecule has 2 aliphatic heterocycles. The van der Waals surface area contributed by atoms with Crippen LogP contribution in [0.1, 0.15) is 35.9 Å². The van der Waals surface area contributed by atoms with Crippen LogP contribution in [0.4, 0.5) is 27.0 Å². The predicted octanol–water partition coefficient (Wildman–Crippen LogP) is 2.21. The summed E-state index contributed by atoms with van der Waals surface area (Å²) in [5.74, 6) is 0.252. The van der Waals surface area contributed by atoms with Crippen molar-refractivity contribution in [3.05, 3.63) is 90.5 Å². The zero-order valence-corrected chi connectivity index (χ0v) is 30.3. The first kappa shape index (κ1) is 36.4. The molecule has 5 atom stereocenters. The number of aromatic nitrogens is 5. The van der Waals surface area contributed by atoms with Crippen molar-refractivity contribution in [2.75, 3.05) is 48.8 Å². The average molecular weight is 764 g/mol. The molecule has 290 valence electrons. The van der Waals surface area contributed by atoms with Gasteiger partial charge in [-0.1, -0.05) is 24.3 Å². The number of carbonyl (C=O) groups is 3. The van der Waals surface area contributed by atoms with E-state index in [4.69, 9.17) is 9.97 Å². The lowest BCUT2D eigenvalue weighted by Crippen LogP contribution is -2.47. The number of aromatic hydroxyl groups is 2. The number of rotatable bonds is 10. The zero-order chi connectivity index (χ0) is 39.1. The summed E-state index contributed by atoms with van der Waals surface area (Å²) in [5.41, 5.74) is 3.07. The van der Waals surface area contributed by atoms with Gasteiger partial charge in [0.05, 0.1) is 30.3 Å². The Morgan fingerprint density at radius 3 is 2.29 bits per heavy atom. The van der Waals surface area contributed by atoms with Crippen molar-refractivity contribution in [1.82, 2.24) is 39.6 Å². The number of benzene rings is 2. The van der Waals surface area contributed by atoms with Crippen LogP contribution in [-0.4, -0.2) is 130 Å². The molecule has 5 amide bonds. The van der Waals surface area contributed by atoms with Gasteiger partial charge in [-0.3, -0.25) is 14.7 Å². The summed E-state index contributed by atoms with van der Waals surface area (Å²) in [4.78, 5) is 61.3. The van der Waals surface area contributed by atoms with Gasteiger partial charge in [0.15, 0.2) is 17.0 Å². The van der Waals surface area contributed by atoms with E-state index in [1.165, 1.54) is 18.3 Å². The lowest BCUT2D eigenvalue weighted by atomic mass is 9.91. The molecule has 7 N–H and O–H groups in total. The van der Waals surface area contributed by atoms with Crippen LogP contribution in [0, 0.1) is 0 Å². The molecule has 56 heavy (non-hydrogen) atoms. The van der Waals surface area contributed by atoms with Crippen molar-refractivity contribution < 1.29 is 34.8 Å². The molecule has 2 aromatic carbocycles. The number of urea groups is 2. The van der Waals surface area contributed by atoms with Gasteiger partial charge < -0.3 is 50.7 Å². The number of hydrogen-bond acceptors (Lipinski definition) is 13. The van der Waals surface area contributed by atoms with Crippen LogP contribution in [0.2, 0.25) is 0 Å². The first-order chi connectivity index (χ1) is 27.0. The van der Waals surface area contributed by atoms with Crippen LogP contribution < -0.4 is 20.9 Å². The van der Waals surface area contributed by atoms with Crippen LogP contribution in [0.3, 0.4) is 0 Å². The summed E-state index contributed by atoms with van der Waals surface area (Å²) in [6.45, 7) is 1.10. The molecule has 2 saturated heterocycles. The molecule has 3 fully saturated rings. The smallest absolute Gasteiger partial charge is 0.327 e. The highest BCUT2D eigenvalue weighted by Crippen LogP contribution is 2.38. The second-order valence-corrected chi connectivity index (χ2v) is 14.3. The lowest BCUT2D eigenvalue weighted by Gasteiger charge is -2.24. The second-order valence-electron chi connectivity index (χ2n) is 14.3. The molecule has 3 aromatic heterocycles. The number of hydrogen-bond donors (Lipinski definition) is 7. The van der Waals surface area contributed by atoms with E-state index in [1.54, 1.807) is 53.4 Å². The van der Waals surface area contributed by atoms with E-state index in [-0.39, 0.29) is 42.5 Å². The number of aliphatic hydroxyl groups is 2. The van der Waals surface area contributed by atoms with E-state index in [1.807, 2.05) is 29.2 Å². The van der Waals surface area contributed by atoms with Crippen LogP contribution >= 0.6 is 0 Å². The Kier molecular flexibility index (Phi) is 9.73. The SMILES string of the molecule is CN1CC(=O)N([C@H]2C[C@@H](n3cnc4c(NCC(c5ccc(O)cc5)c5ccc(O)cc5)nc(N5CCC(NC(=O)Nc6cccnc6)C5)nc43)[C@H](O)[C@@H]2O)C1=O. The van der Waals surface area contributed by atoms with Crippen molar-refractivity contribution in [3.8, 4) is 11.5 Å². The van der Waals surface area contributed by atoms with Gasteiger partial charge in [-0.15, -0.1) is 0 Å². The summed E-state index contributed by atoms with van der Waals surface area (Å²) in [6.07, 6.45) is 2.58. The highest BCUT2D eigenvalue weighted by atomic mass is 16.3. The van der Waals surface area contributed by atoms with Crippen LogP contribution in [-0.2, 0) is 4.79 Å². The van der Waals surface area contributed by atoms with E-state index < -0.39 is 36.2 Å². The minimum absolute atomic E-state index is 0.0622. The number of imidazole rings is 1. The van der Waals surface area contributed by atoms with E-state index in [0.717, 1.165) is 16.0 Å². The van der Waals surface area contributed by atoms with Gasteiger partial charge >= 0.3 is 12.1 Å². The molecular weight excluding hydrogens is 722 g/mol. The molecule has 0 spiro atoms. The third kappa shape index (κ3) is 7.06. The van der Waals surface area contributed by atoms with Gasteiger partial charge in [-0.2, -0.15) is 9.97 Å². The highest BCUT2D eigenvalue weighted by Gasteiger charge is 2.51. The van der Waals surface area contributed by atoms with Gasteiger partial charge in [-0.25, -0.2) is 14.6 Å². The Morgan fingerprint density at radius 1 is 0.946 bits per heavy atom. The summed E-state index contributed by atoms with van der Waals surface area (Å²) in [5, 5.41) is 51.8. The fourth-order valence-electron chi connectivity index (χ4n) is 7.78. The Morgan fingerprint density at radius 2 is 1.64 bits per heavy atom. The molecule has 1 saturated carbocycles. The van der Waals surface area contributed by atoms with Crippen molar-refractivity contribution in [2.45, 2.75) is 49.1 Å². The first-order valence-electron chi connectivity index (χ1n) is 18.3. The third-order valence-corrected chi connectivity index (χ3v) is 10.7. The molecule has 0 radical (unpaired) electrons. The number of aliphatic hydroxyl groups excluding tert-OH is 2. The van der Waals surface area contributed by atoms with Crippen molar-refractivity contribution in [1.29, 1.82) is 0 Å². The number of amides is 5. The molecular formula is C38H41N11O7. The van der Waals surface area contributed by atoms with Gasteiger partial charge in [0.1, 0.15) is 30.3 Å². The molecule has 18 nitrogen and oxygen atoms in total. The maximum atomic E-state index is 12.9. The minimum atomic E-state index is -1.41. The predicted molar refractivity (Wildman–Crippen MR) is 203 cm³/mol.